The third-order valence-corrected chi connectivity index (χ3v) is 3.78. The molecule has 4 N–H and O–H groups in total. The van der Waals surface area contributed by atoms with Gasteiger partial charge in [0.2, 0.25) is 0 Å². The molecule has 0 bridgehead atoms. The second-order valence-electron chi connectivity index (χ2n) is 5.06. The summed E-state index contributed by atoms with van der Waals surface area (Å²) >= 11 is 0. The first kappa shape index (κ1) is 16.2. The molecule has 7 heteroatoms. The fourth-order valence-corrected chi connectivity index (χ4v) is 2.81. The molecule has 1 rings (SSSR count). The summed E-state index contributed by atoms with van der Waals surface area (Å²) in [6.07, 6.45) is 1.72. The van der Waals surface area contributed by atoms with Crippen molar-refractivity contribution in [1.29, 1.82) is 5.41 Å². The number of nitrogens with two attached hydrogens (primary N) is 1. The highest BCUT2D eigenvalue weighted by Crippen LogP contribution is 2.21. The molecule has 0 fully saturated rings. The first-order valence-electron chi connectivity index (χ1n) is 6.09. The van der Waals surface area contributed by atoms with Gasteiger partial charge in [0.15, 0.2) is 15.8 Å². The topological polar surface area (TPSA) is 113 Å². The van der Waals surface area contributed by atoms with Gasteiger partial charge in [-0.1, -0.05) is 19.9 Å². The molecule has 0 radical (unpaired) electrons. The van der Waals surface area contributed by atoms with Crippen molar-refractivity contribution in [3.8, 4) is 0 Å². The first-order valence-corrected chi connectivity index (χ1v) is 7.98. The van der Waals surface area contributed by atoms with E-state index in [1.54, 1.807) is 6.07 Å². The average Bonchev–Trinajstić information content (AvgIpc) is 2.26. The van der Waals surface area contributed by atoms with Crippen LogP contribution in [0.25, 0.3) is 0 Å². The molecule has 6 nitrogen and oxygen atoms in total. The summed E-state index contributed by atoms with van der Waals surface area (Å²) in [6, 6.07) is 4.49. The Kier molecular flexibility index (Phi) is 4.88. The summed E-state index contributed by atoms with van der Waals surface area (Å²) in [5.74, 6) is -0.784. The van der Waals surface area contributed by atoms with Gasteiger partial charge in [0.1, 0.15) is 0 Å². The summed E-state index contributed by atoms with van der Waals surface area (Å²) in [6.45, 7) is 3.98. The minimum atomic E-state index is -3.43. The Bertz CT molecular complexity index is 636. The predicted octanol–water partition coefficient (Wildman–Crippen LogP) is 0.912. The van der Waals surface area contributed by atoms with E-state index in [-0.39, 0.29) is 10.5 Å². The molecule has 110 valence electrons. The Morgan fingerprint density at radius 1 is 1.40 bits per heavy atom. The van der Waals surface area contributed by atoms with Gasteiger partial charge in [0.05, 0.1) is 4.90 Å². The quantitative estimate of drug-likeness (QED) is 0.566. The van der Waals surface area contributed by atoms with Crippen LogP contribution < -0.4 is 11.1 Å². The number of benzene rings is 1. The molecule has 20 heavy (non-hydrogen) atoms. The van der Waals surface area contributed by atoms with E-state index in [1.807, 2.05) is 13.8 Å². The average molecular weight is 297 g/mol. The van der Waals surface area contributed by atoms with E-state index in [4.69, 9.17) is 11.1 Å². The lowest BCUT2D eigenvalue weighted by Crippen LogP contribution is -2.35. The van der Waals surface area contributed by atoms with Crippen LogP contribution in [0.3, 0.4) is 0 Å². The van der Waals surface area contributed by atoms with Crippen LogP contribution in [0.1, 0.15) is 29.8 Å². The van der Waals surface area contributed by atoms with Gasteiger partial charge < -0.3 is 5.73 Å². The Morgan fingerprint density at radius 3 is 2.45 bits per heavy atom. The molecule has 0 aliphatic heterocycles. The highest BCUT2D eigenvalue weighted by atomic mass is 32.2. The monoisotopic (exact) mass is 297 g/mol. The zero-order valence-electron chi connectivity index (χ0n) is 11.7. The van der Waals surface area contributed by atoms with Gasteiger partial charge in [-0.25, -0.2) is 8.42 Å². The fraction of sp³-hybridized carbons (Fsp3) is 0.385. The Labute approximate surface area is 118 Å². The maximum Gasteiger partial charge on any atom is 0.257 e. The maximum atomic E-state index is 11.8. The van der Waals surface area contributed by atoms with Gasteiger partial charge in [0.25, 0.3) is 5.91 Å². The number of hydrogen-bond acceptors (Lipinski definition) is 4. The number of carbonyl (C=O) groups is 1. The van der Waals surface area contributed by atoms with E-state index in [0.717, 1.165) is 6.26 Å². The van der Waals surface area contributed by atoms with E-state index in [9.17, 15) is 13.2 Å². The third-order valence-electron chi connectivity index (χ3n) is 2.61. The Morgan fingerprint density at radius 2 is 2.00 bits per heavy atom. The van der Waals surface area contributed by atoms with E-state index in [0.29, 0.717) is 17.9 Å². The van der Waals surface area contributed by atoms with E-state index in [2.05, 4.69) is 5.32 Å². The molecule has 0 aliphatic rings. The molecule has 0 saturated heterocycles. The highest BCUT2D eigenvalue weighted by molar-refractivity contribution is 7.90. The lowest BCUT2D eigenvalue weighted by molar-refractivity contribution is 0.0976. The van der Waals surface area contributed by atoms with Crippen LogP contribution in [0.15, 0.2) is 23.1 Å². The van der Waals surface area contributed by atoms with Crippen molar-refractivity contribution in [2.45, 2.75) is 25.2 Å². The molecule has 0 atom stereocenters. The molecule has 0 saturated carbocycles. The summed E-state index contributed by atoms with van der Waals surface area (Å²) in [5.41, 5.74) is 5.93. The van der Waals surface area contributed by atoms with Crippen LogP contribution in [0.2, 0.25) is 0 Å². The van der Waals surface area contributed by atoms with Crippen molar-refractivity contribution in [1.82, 2.24) is 5.32 Å². The second kappa shape index (κ2) is 6.04. The second-order valence-corrected chi connectivity index (χ2v) is 7.04. The summed E-state index contributed by atoms with van der Waals surface area (Å²) in [4.78, 5) is 11.9. The number of amides is 1. The van der Waals surface area contributed by atoms with Crippen molar-refractivity contribution in [3.63, 3.8) is 0 Å². The Hall–Kier alpha value is -1.89. The molecular weight excluding hydrogens is 278 g/mol. The lowest BCUT2D eigenvalue weighted by atomic mass is 10.0. The zero-order chi connectivity index (χ0) is 15.5. The summed E-state index contributed by atoms with van der Waals surface area (Å²) in [5, 5.41) is 9.14. The number of sulfone groups is 1. The van der Waals surface area contributed by atoms with Crippen molar-refractivity contribution in [2.24, 2.45) is 11.7 Å². The predicted molar refractivity (Wildman–Crippen MR) is 77.5 cm³/mol. The fourth-order valence-electron chi connectivity index (χ4n) is 1.84. The van der Waals surface area contributed by atoms with E-state index in [1.165, 1.54) is 12.1 Å². The van der Waals surface area contributed by atoms with Gasteiger partial charge in [-0.3, -0.25) is 15.5 Å². The highest BCUT2D eigenvalue weighted by Gasteiger charge is 2.17. The molecule has 0 unspecified atom stereocenters. The summed E-state index contributed by atoms with van der Waals surface area (Å²) < 4.78 is 23.7. The van der Waals surface area contributed by atoms with Crippen LogP contribution in [0, 0.1) is 11.3 Å². The van der Waals surface area contributed by atoms with Crippen LogP contribution in [-0.4, -0.2) is 26.5 Å². The number of guanidine groups is 1. The van der Waals surface area contributed by atoms with E-state index < -0.39 is 21.7 Å². The largest absolute Gasteiger partial charge is 0.370 e. The number of carbonyl (C=O) groups excluding carboxylic acids is 1. The standard InChI is InChI=1S/C13H19N3O3S/c1-8(2)6-9-4-5-10(12(17)16-13(14)15)7-11(9)20(3,18)19/h4-5,7-8H,6H2,1-3H3,(H4,14,15,16,17). The molecule has 0 aromatic heterocycles. The summed E-state index contributed by atoms with van der Waals surface area (Å²) in [7, 11) is -3.43. The first-order chi connectivity index (χ1) is 9.11. The van der Waals surface area contributed by atoms with Gasteiger partial charge in [-0.15, -0.1) is 0 Å². The smallest absolute Gasteiger partial charge is 0.257 e. The van der Waals surface area contributed by atoms with E-state index >= 15 is 0 Å². The molecule has 0 aliphatic carbocycles. The van der Waals surface area contributed by atoms with Crippen molar-refractivity contribution >= 4 is 21.7 Å². The van der Waals surface area contributed by atoms with Crippen LogP contribution in [0.4, 0.5) is 0 Å². The van der Waals surface area contributed by atoms with Crippen molar-refractivity contribution in [2.75, 3.05) is 6.26 Å². The Balaban J connectivity index is 3.28. The molecular formula is C13H19N3O3S. The lowest BCUT2D eigenvalue weighted by Gasteiger charge is -2.12. The number of nitrogens with one attached hydrogen (secondary N) is 2. The molecule has 0 spiro atoms. The van der Waals surface area contributed by atoms with Gasteiger partial charge in [0, 0.05) is 11.8 Å². The SMILES string of the molecule is CC(C)Cc1ccc(C(=O)NC(=N)N)cc1S(C)(=O)=O. The van der Waals surface area contributed by atoms with Crippen LogP contribution >= 0.6 is 0 Å². The molecule has 1 aromatic carbocycles. The zero-order valence-corrected chi connectivity index (χ0v) is 12.5. The third kappa shape index (κ3) is 4.34. The molecule has 1 aromatic rings. The maximum absolute atomic E-state index is 11.8. The minimum absolute atomic E-state index is 0.141. The normalized spacial score (nSPS) is 11.4. The van der Waals surface area contributed by atoms with Crippen molar-refractivity contribution in [3.05, 3.63) is 29.3 Å². The van der Waals surface area contributed by atoms with Gasteiger partial charge in [-0.2, -0.15) is 0 Å². The minimum Gasteiger partial charge on any atom is -0.370 e. The van der Waals surface area contributed by atoms with Gasteiger partial charge in [-0.05, 0) is 30.0 Å². The number of hydrogen-bond donors (Lipinski definition) is 3. The molecule has 0 heterocycles. The van der Waals surface area contributed by atoms with Crippen LogP contribution in [0.5, 0.6) is 0 Å². The number of rotatable bonds is 4. The van der Waals surface area contributed by atoms with Crippen LogP contribution in [-0.2, 0) is 16.3 Å². The van der Waals surface area contributed by atoms with Gasteiger partial charge >= 0.3 is 0 Å². The molecule has 1 amide bonds. The van der Waals surface area contributed by atoms with Crippen molar-refractivity contribution < 1.29 is 13.2 Å².